The van der Waals surface area contributed by atoms with E-state index in [0.717, 1.165) is 19.1 Å². The number of nitrogens with zero attached hydrogens (tertiary/aromatic N) is 1. The summed E-state index contributed by atoms with van der Waals surface area (Å²) < 4.78 is 36.7. The van der Waals surface area contributed by atoms with Crippen molar-refractivity contribution in [3.05, 3.63) is 18.2 Å². The summed E-state index contributed by atoms with van der Waals surface area (Å²) in [6, 6.07) is 5.20. The van der Waals surface area contributed by atoms with Gasteiger partial charge in [-0.2, -0.15) is 0 Å². The van der Waals surface area contributed by atoms with Gasteiger partial charge in [0.1, 0.15) is 13.2 Å². The molecule has 0 aromatic heterocycles. The molecule has 1 aromatic rings. The maximum atomic E-state index is 12.2. The summed E-state index contributed by atoms with van der Waals surface area (Å²) in [5, 5.41) is 2.93. The Labute approximate surface area is 155 Å². The quantitative estimate of drug-likeness (QED) is 0.706. The monoisotopic (exact) mass is 384 g/mol. The number of sulfonamides is 1. The van der Waals surface area contributed by atoms with Gasteiger partial charge in [-0.05, 0) is 31.9 Å². The third kappa shape index (κ3) is 5.79. The van der Waals surface area contributed by atoms with E-state index in [4.69, 9.17) is 9.47 Å². The van der Waals surface area contributed by atoms with Crippen molar-refractivity contribution in [3.8, 4) is 11.5 Å². The molecule has 26 heavy (non-hydrogen) atoms. The first-order valence-electron chi connectivity index (χ1n) is 8.98. The first kappa shape index (κ1) is 20.4. The molecule has 1 aliphatic rings. The summed E-state index contributed by atoms with van der Waals surface area (Å²) in [7, 11) is -3.47. The molecule has 1 aliphatic heterocycles. The third-order valence-corrected chi connectivity index (χ3v) is 5.30. The van der Waals surface area contributed by atoms with Gasteiger partial charge in [-0.1, -0.05) is 13.3 Å². The molecule has 0 saturated carbocycles. The number of fused-ring (bicyclic) bond motifs is 1. The van der Waals surface area contributed by atoms with Gasteiger partial charge in [0.2, 0.25) is 15.9 Å². The Morgan fingerprint density at radius 1 is 1.27 bits per heavy atom. The molecule has 1 heterocycles. The van der Waals surface area contributed by atoms with Crippen LogP contribution in [0.15, 0.2) is 18.2 Å². The SMILES string of the molecule is CCC[C@@H](C)NC(=O)CCCN(c1ccc2c(c1)OCCO2)S(C)(=O)=O. The van der Waals surface area contributed by atoms with Crippen LogP contribution < -0.4 is 19.1 Å². The zero-order valence-electron chi connectivity index (χ0n) is 15.7. The van der Waals surface area contributed by atoms with Crippen molar-refractivity contribution in [1.29, 1.82) is 0 Å². The van der Waals surface area contributed by atoms with E-state index in [1.54, 1.807) is 18.2 Å². The second kappa shape index (κ2) is 9.12. The van der Waals surface area contributed by atoms with Crippen LogP contribution in [-0.2, 0) is 14.8 Å². The number of anilines is 1. The second-order valence-electron chi connectivity index (χ2n) is 6.52. The van der Waals surface area contributed by atoms with Gasteiger partial charge in [0, 0.05) is 25.1 Å². The van der Waals surface area contributed by atoms with Crippen LogP contribution in [0.3, 0.4) is 0 Å². The van der Waals surface area contributed by atoms with E-state index in [0.29, 0.717) is 36.8 Å². The van der Waals surface area contributed by atoms with Crippen molar-refractivity contribution < 1.29 is 22.7 Å². The Balaban J connectivity index is 1.99. The van der Waals surface area contributed by atoms with E-state index in [1.807, 2.05) is 6.92 Å². The number of amides is 1. The molecule has 0 fully saturated rings. The van der Waals surface area contributed by atoms with E-state index in [2.05, 4.69) is 12.2 Å². The maximum Gasteiger partial charge on any atom is 0.232 e. The number of benzene rings is 1. The Morgan fingerprint density at radius 3 is 2.62 bits per heavy atom. The van der Waals surface area contributed by atoms with E-state index >= 15 is 0 Å². The van der Waals surface area contributed by atoms with E-state index < -0.39 is 10.0 Å². The fourth-order valence-electron chi connectivity index (χ4n) is 2.91. The summed E-state index contributed by atoms with van der Waals surface area (Å²) >= 11 is 0. The first-order chi connectivity index (χ1) is 12.3. The first-order valence-corrected chi connectivity index (χ1v) is 10.8. The van der Waals surface area contributed by atoms with Crippen LogP contribution in [0.2, 0.25) is 0 Å². The third-order valence-electron chi connectivity index (χ3n) is 4.11. The van der Waals surface area contributed by atoms with E-state index in [1.165, 1.54) is 4.31 Å². The van der Waals surface area contributed by atoms with Gasteiger partial charge in [0.05, 0.1) is 11.9 Å². The Bertz CT molecular complexity index is 720. The average molecular weight is 384 g/mol. The molecule has 2 rings (SSSR count). The smallest absolute Gasteiger partial charge is 0.232 e. The number of ether oxygens (including phenoxy) is 2. The van der Waals surface area contributed by atoms with Crippen LogP contribution in [0.25, 0.3) is 0 Å². The fraction of sp³-hybridized carbons (Fsp3) is 0.611. The summed E-state index contributed by atoms with van der Waals surface area (Å²) in [4.78, 5) is 12.0. The lowest BCUT2D eigenvalue weighted by Crippen LogP contribution is -2.34. The van der Waals surface area contributed by atoms with Crippen LogP contribution in [0.4, 0.5) is 5.69 Å². The molecule has 0 aliphatic carbocycles. The van der Waals surface area contributed by atoms with Crippen molar-refractivity contribution in [1.82, 2.24) is 5.32 Å². The lowest BCUT2D eigenvalue weighted by Gasteiger charge is -2.25. The highest BCUT2D eigenvalue weighted by Gasteiger charge is 2.21. The van der Waals surface area contributed by atoms with Crippen LogP contribution >= 0.6 is 0 Å². The molecule has 7 nitrogen and oxygen atoms in total. The molecule has 0 spiro atoms. The maximum absolute atomic E-state index is 12.2. The predicted molar refractivity (Wildman–Crippen MR) is 101 cm³/mol. The molecule has 0 saturated heterocycles. The molecule has 8 heteroatoms. The van der Waals surface area contributed by atoms with Crippen LogP contribution in [0.1, 0.15) is 39.5 Å². The lowest BCUT2D eigenvalue weighted by atomic mass is 10.2. The van der Waals surface area contributed by atoms with E-state index in [-0.39, 0.29) is 24.9 Å². The normalized spacial score (nSPS) is 14.6. The molecule has 0 bridgehead atoms. The van der Waals surface area contributed by atoms with Gasteiger partial charge >= 0.3 is 0 Å². The number of carbonyl (C=O) groups is 1. The zero-order valence-corrected chi connectivity index (χ0v) is 16.5. The molecular formula is C18H28N2O5S. The summed E-state index contributed by atoms with van der Waals surface area (Å²) in [5.74, 6) is 1.09. The fourth-order valence-corrected chi connectivity index (χ4v) is 3.87. The number of nitrogens with one attached hydrogen (secondary N) is 1. The van der Waals surface area contributed by atoms with Crippen LogP contribution in [0, 0.1) is 0 Å². The van der Waals surface area contributed by atoms with Gasteiger partial charge in [0.15, 0.2) is 11.5 Å². The van der Waals surface area contributed by atoms with Gasteiger partial charge in [-0.25, -0.2) is 8.42 Å². The lowest BCUT2D eigenvalue weighted by molar-refractivity contribution is -0.121. The van der Waals surface area contributed by atoms with Gasteiger partial charge in [0.25, 0.3) is 0 Å². The summed E-state index contributed by atoms with van der Waals surface area (Å²) in [6.07, 6.45) is 3.82. The van der Waals surface area contributed by atoms with Gasteiger partial charge in [-0.3, -0.25) is 9.10 Å². The highest BCUT2D eigenvalue weighted by Crippen LogP contribution is 2.34. The minimum atomic E-state index is -3.47. The molecule has 1 atom stereocenters. The molecule has 146 valence electrons. The van der Waals surface area contributed by atoms with Crippen molar-refractivity contribution in [2.24, 2.45) is 0 Å². The van der Waals surface area contributed by atoms with E-state index in [9.17, 15) is 13.2 Å². The van der Waals surface area contributed by atoms with Gasteiger partial charge in [-0.15, -0.1) is 0 Å². The van der Waals surface area contributed by atoms with Crippen molar-refractivity contribution >= 4 is 21.6 Å². The van der Waals surface area contributed by atoms with Crippen molar-refractivity contribution in [3.63, 3.8) is 0 Å². The molecule has 1 aromatic carbocycles. The molecule has 1 N–H and O–H groups in total. The number of hydrogen-bond acceptors (Lipinski definition) is 5. The van der Waals surface area contributed by atoms with Gasteiger partial charge < -0.3 is 14.8 Å². The topological polar surface area (TPSA) is 84.9 Å². The highest BCUT2D eigenvalue weighted by molar-refractivity contribution is 7.92. The average Bonchev–Trinajstić information content (AvgIpc) is 2.57. The molecular weight excluding hydrogens is 356 g/mol. The minimum absolute atomic E-state index is 0.0541. The largest absolute Gasteiger partial charge is 0.486 e. The predicted octanol–water partition coefficient (Wildman–Crippen LogP) is 2.31. The Kier molecular flexibility index (Phi) is 7.14. The number of hydrogen-bond donors (Lipinski definition) is 1. The Hall–Kier alpha value is -1.96. The van der Waals surface area contributed by atoms with Crippen LogP contribution in [0.5, 0.6) is 11.5 Å². The highest BCUT2D eigenvalue weighted by atomic mass is 32.2. The molecule has 0 unspecified atom stereocenters. The Morgan fingerprint density at radius 2 is 1.96 bits per heavy atom. The van der Waals surface area contributed by atoms with Crippen LogP contribution in [-0.4, -0.2) is 46.4 Å². The zero-order chi connectivity index (χ0) is 19.2. The number of rotatable bonds is 9. The van der Waals surface area contributed by atoms with Crippen molar-refractivity contribution in [2.75, 3.05) is 30.3 Å². The molecule has 0 radical (unpaired) electrons. The summed E-state index contributed by atoms with van der Waals surface area (Å²) in [6.45, 7) is 5.19. The second-order valence-corrected chi connectivity index (χ2v) is 8.43. The molecule has 1 amide bonds. The number of carbonyl (C=O) groups excluding carboxylic acids is 1. The standard InChI is InChI=1S/C18H28N2O5S/c1-4-6-14(2)19-18(21)7-5-10-20(26(3,22)23)15-8-9-16-17(13-15)25-12-11-24-16/h8-9,13-14H,4-7,10-12H2,1-3H3,(H,19,21)/t14-/m1/s1. The minimum Gasteiger partial charge on any atom is -0.486 e. The summed E-state index contributed by atoms with van der Waals surface area (Å²) in [5.41, 5.74) is 0.511. The van der Waals surface area contributed by atoms with Crippen molar-refractivity contribution in [2.45, 2.75) is 45.6 Å².